The van der Waals surface area contributed by atoms with Crippen LogP contribution in [0.4, 0.5) is 11.4 Å². The SMILES string of the molecule is CCC(CCO)CNc1ccc(N)cc1C#N. The predicted octanol–water partition coefficient (Wildman–Crippen LogP) is 1.96. The molecule has 0 spiro atoms. The fraction of sp³-hybridized carbons (Fsp3) is 0.462. The summed E-state index contributed by atoms with van der Waals surface area (Å²) in [6.07, 6.45) is 1.78. The molecule has 0 radical (unpaired) electrons. The van der Waals surface area contributed by atoms with E-state index in [1.165, 1.54) is 0 Å². The average molecular weight is 233 g/mol. The van der Waals surface area contributed by atoms with E-state index in [9.17, 15) is 0 Å². The molecule has 17 heavy (non-hydrogen) atoms. The normalized spacial score (nSPS) is 11.8. The number of hydrogen-bond acceptors (Lipinski definition) is 4. The molecule has 1 atom stereocenters. The van der Waals surface area contributed by atoms with Crippen LogP contribution in [0.15, 0.2) is 18.2 Å². The van der Waals surface area contributed by atoms with Gasteiger partial charge >= 0.3 is 0 Å². The Hall–Kier alpha value is -1.73. The maximum atomic E-state index is 8.98. The van der Waals surface area contributed by atoms with Crippen LogP contribution in [0.5, 0.6) is 0 Å². The lowest BCUT2D eigenvalue weighted by Gasteiger charge is -2.16. The van der Waals surface area contributed by atoms with Crippen molar-refractivity contribution in [3.05, 3.63) is 23.8 Å². The standard InChI is InChI=1S/C13H19N3O/c1-2-10(5-6-17)9-16-13-4-3-12(15)7-11(13)8-14/h3-4,7,10,16-17H,2,5-6,9,15H2,1H3. The number of hydrogen-bond donors (Lipinski definition) is 3. The van der Waals surface area contributed by atoms with Crippen molar-refractivity contribution in [3.63, 3.8) is 0 Å². The molecule has 1 rings (SSSR count). The van der Waals surface area contributed by atoms with Gasteiger partial charge in [-0.1, -0.05) is 13.3 Å². The average Bonchev–Trinajstić information content (AvgIpc) is 2.35. The first-order chi connectivity index (χ1) is 8.21. The van der Waals surface area contributed by atoms with Crippen molar-refractivity contribution in [3.8, 4) is 6.07 Å². The number of nitriles is 1. The minimum absolute atomic E-state index is 0.201. The van der Waals surface area contributed by atoms with Gasteiger partial charge in [-0.05, 0) is 30.5 Å². The van der Waals surface area contributed by atoms with E-state index in [4.69, 9.17) is 16.1 Å². The molecule has 0 aromatic heterocycles. The molecule has 0 saturated carbocycles. The highest BCUT2D eigenvalue weighted by molar-refractivity contribution is 5.62. The zero-order valence-electron chi connectivity index (χ0n) is 10.1. The molecule has 0 aliphatic heterocycles. The zero-order chi connectivity index (χ0) is 12.7. The molecule has 0 fully saturated rings. The first kappa shape index (κ1) is 13.3. The van der Waals surface area contributed by atoms with Crippen molar-refractivity contribution < 1.29 is 5.11 Å². The van der Waals surface area contributed by atoms with Crippen molar-refractivity contribution in [1.82, 2.24) is 0 Å². The van der Waals surface area contributed by atoms with Gasteiger partial charge in [0.15, 0.2) is 0 Å². The summed E-state index contributed by atoms with van der Waals surface area (Å²) in [4.78, 5) is 0. The maximum absolute atomic E-state index is 8.98. The molecule has 4 N–H and O–H groups in total. The molecule has 0 heterocycles. The Morgan fingerprint density at radius 1 is 1.53 bits per heavy atom. The van der Waals surface area contributed by atoms with Crippen LogP contribution >= 0.6 is 0 Å². The van der Waals surface area contributed by atoms with Gasteiger partial charge in [0.2, 0.25) is 0 Å². The van der Waals surface area contributed by atoms with E-state index in [1.807, 2.05) is 6.07 Å². The van der Waals surface area contributed by atoms with Crippen LogP contribution in [0.3, 0.4) is 0 Å². The molecule has 4 heteroatoms. The van der Waals surface area contributed by atoms with Gasteiger partial charge in [0.25, 0.3) is 0 Å². The van der Waals surface area contributed by atoms with Crippen LogP contribution in [0.2, 0.25) is 0 Å². The second-order valence-corrected chi connectivity index (χ2v) is 4.08. The quantitative estimate of drug-likeness (QED) is 0.656. The second kappa shape index (κ2) is 6.77. The summed E-state index contributed by atoms with van der Waals surface area (Å²) in [5, 5.41) is 21.1. The van der Waals surface area contributed by atoms with E-state index in [2.05, 4.69) is 18.3 Å². The topological polar surface area (TPSA) is 82.1 Å². The largest absolute Gasteiger partial charge is 0.399 e. The Balaban J connectivity index is 2.65. The number of aliphatic hydroxyl groups is 1. The Morgan fingerprint density at radius 2 is 2.29 bits per heavy atom. The van der Waals surface area contributed by atoms with Gasteiger partial charge in [-0.3, -0.25) is 0 Å². The summed E-state index contributed by atoms with van der Waals surface area (Å²) in [6, 6.07) is 7.37. The molecule has 0 aliphatic rings. The number of nitrogens with two attached hydrogens (primary N) is 1. The number of nitrogens with one attached hydrogen (secondary N) is 1. The Kier molecular flexibility index (Phi) is 5.31. The molecule has 4 nitrogen and oxygen atoms in total. The fourth-order valence-electron chi connectivity index (χ4n) is 1.70. The first-order valence-corrected chi connectivity index (χ1v) is 5.85. The van der Waals surface area contributed by atoms with Gasteiger partial charge < -0.3 is 16.2 Å². The number of anilines is 2. The van der Waals surface area contributed by atoms with Crippen molar-refractivity contribution in [2.75, 3.05) is 24.2 Å². The summed E-state index contributed by atoms with van der Waals surface area (Å²) in [7, 11) is 0. The van der Waals surface area contributed by atoms with E-state index in [0.717, 1.165) is 25.1 Å². The van der Waals surface area contributed by atoms with E-state index in [-0.39, 0.29) is 6.61 Å². The van der Waals surface area contributed by atoms with E-state index in [1.54, 1.807) is 12.1 Å². The van der Waals surface area contributed by atoms with Crippen molar-refractivity contribution >= 4 is 11.4 Å². The number of rotatable bonds is 6. The predicted molar refractivity (Wildman–Crippen MR) is 69.5 cm³/mol. The van der Waals surface area contributed by atoms with Gasteiger partial charge in [0.05, 0.1) is 11.3 Å². The van der Waals surface area contributed by atoms with Gasteiger partial charge in [-0.15, -0.1) is 0 Å². The van der Waals surface area contributed by atoms with Gasteiger partial charge in [-0.25, -0.2) is 0 Å². The lowest BCUT2D eigenvalue weighted by molar-refractivity contribution is 0.258. The summed E-state index contributed by atoms with van der Waals surface area (Å²) >= 11 is 0. The molecular formula is C13H19N3O. The van der Waals surface area contributed by atoms with Crippen LogP contribution in [0, 0.1) is 17.2 Å². The number of nitrogen functional groups attached to an aromatic ring is 1. The van der Waals surface area contributed by atoms with Crippen molar-refractivity contribution in [2.45, 2.75) is 19.8 Å². The van der Waals surface area contributed by atoms with Crippen LogP contribution in [-0.2, 0) is 0 Å². The molecule has 0 saturated heterocycles. The number of aliphatic hydroxyl groups excluding tert-OH is 1. The highest BCUT2D eigenvalue weighted by atomic mass is 16.3. The van der Waals surface area contributed by atoms with Crippen LogP contribution in [0.1, 0.15) is 25.3 Å². The molecule has 0 amide bonds. The van der Waals surface area contributed by atoms with E-state index in [0.29, 0.717) is 17.2 Å². The fourth-order valence-corrected chi connectivity index (χ4v) is 1.70. The zero-order valence-corrected chi connectivity index (χ0v) is 10.1. The lowest BCUT2D eigenvalue weighted by Crippen LogP contribution is -2.15. The minimum atomic E-state index is 0.201. The van der Waals surface area contributed by atoms with Crippen molar-refractivity contribution in [2.24, 2.45) is 5.92 Å². The van der Waals surface area contributed by atoms with E-state index < -0.39 is 0 Å². The molecule has 1 aromatic carbocycles. The highest BCUT2D eigenvalue weighted by Gasteiger charge is 2.07. The molecule has 1 aromatic rings. The Morgan fingerprint density at radius 3 is 2.88 bits per heavy atom. The number of nitrogens with zero attached hydrogens (tertiary/aromatic N) is 1. The summed E-state index contributed by atoms with van der Waals surface area (Å²) in [5.74, 6) is 0.420. The Bertz CT molecular complexity index is 398. The third kappa shape index (κ3) is 3.97. The summed E-state index contributed by atoms with van der Waals surface area (Å²) < 4.78 is 0. The number of benzene rings is 1. The maximum Gasteiger partial charge on any atom is 0.101 e. The summed E-state index contributed by atoms with van der Waals surface area (Å²) in [5.41, 5.74) is 7.58. The van der Waals surface area contributed by atoms with Gasteiger partial charge in [0.1, 0.15) is 6.07 Å². The molecular weight excluding hydrogens is 214 g/mol. The van der Waals surface area contributed by atoms with Crippen LogP contribution in [-0.4, -0.2) is 18.3 Å². The minimum Gasteiger partial charge on any atom is -0.399 e. The van der Waals surface area contributed by atoms with Crippen LogP contribution < -0.4 is 11.1 Å². The Labute approximate surface area is 102 Å². The molecule has 0 aliphatic carbocycles. The van der Waals surface area contributed by atoms with E-state index >= 15 is 0 Å². The lowest BCUT2D eigenvalue weighted by atomic mass is 10.0. The first-order valence-electron chi connectivity index (χ1n) is 5.85. The van der Waals surface area contributed by atoms with Gasteiger partial charge in [0, 0.05) is 18.8 Å². The van der Waals surface area contributed by atoms with Crippen LogP contribution in [0.25, 0.3) is 0 Å². The molecule has 1 unspecified atom stereocenters. The third-order valence-electron chi connectivity index (χ3n) is 2.86. The molecule has 0 bridgehead atoms. The third-order valence-corrected chi connectivity index (χ3v) is 2.86. The second-order valence-electron chi connectivity index (χ2n) is 4.08. The monoisotopic (exact) mass is 233 g/mol. The summed E-state index contributed by atoms with van der Waals surface area (Å²) in [6.45, 7) is 3.05. The molecule has 92 valence electrons. The smallest absolute Gasteiger partial charge is 0.101 e. The van der Waals surface area contributed by atoms with Gasteiger partial charge in [-0.2, -0.15) is 5.26 Å². The highest BCUT2D eigenvalue weighted by Crippen LogP contribution is 2.19. The van der Waals surface area contributed by atoms with Crippen molar-refractivity contribution in [1.29, 1.82) is 5.26 Å².